The SMILES string of the molecule is Cc1cc(F)cc(-c2cccc(C=O)c2)c1. The molecule has 0 amide bonds. The molecule has 2 rings (SSSR count). The van der Waals surface area contributed by atoms with Crippen LogP contribution in [0.25, 0.3) is 11.1 Å². The van der Waals surface area contributed by atoms with Crippen LogP contribution in [0, 0.1) is 12.7 Å². The summed E-state index contributed by atoms with van der Waals surface area (Å²) in [7, 11) is 0. The van der Waals surface area contributed by atoms with E-state index in [0.29, 0.717) is 5.56 Å². The lowest BCUT2D eigenvalue weighted by Gasteiger charge is -2.04. The molecule has 0 N–H and O–H groups in total. The van der Waals surface area contributed by atoms with Crippen molar-refractivity contribution >= 4 is 6.29 Å². The topological polar surface area (TPSA) is 17.1 Å². The van der Waals surface area contributed by atoms with Crippen LogP contribution in [0.15, 0.2) is 42.5 Å². The van der Waals surface area contributed by atoms with E-state index in [1.807, 2.05) is 19.1 Å². The van der Waals surface area contributed by atoms with Gasteiger partial charge in [0.1, 0.15) is 12.1 Å². The molecule has 0 saturated heterocycles. The third-order valence-electron chi connectivity index (χ3n) is 2.40. The van der Waals surface area contributed by atoms with Gasteiger partial charge in [0, 0.05) is 5.56 Å². The molecule has 0 heterocycles. The van der Waals surface area contributed by atoms with Gasteiger partial charge in [0.2, 0.25) is 0 Å². The van der Waals surface area contributed by atoms with Gasteiger partial charge in [-0.1, -0.05) is 24.3 Å². The molecule has 0 saturated carbocycles. The summed E-state index contributed by atoms with van der Waals surface area (Å²) in [6.07, 6.45) is 0.787. The molecule has 0 aliphatic rings. The number of hydrogen-bond donors (Lipinski definition) is 0. The predicted octanol–water partition coefficient (Wildman–Crippen LogP) is 3.61. The quantitative estimate of drug-likeness (QED) is 0.698. The average molecular weight is 214 g/mol. The van der Waals surface area contributed by atoms with Crippen LogP contribution in [-0.2, 0) is 0 Å². The first-order valence-electron chi connectivity index (χ1n) is 5.02. The monoisotopic (exact) mass is 214 g/mol. The molecular weight excluding hydrogens is 203 g/mol. The standard InChI is InChI=1S/C14H11FO/c1-10-5-13(8-14(15)6-10)12-4-2-3-11(7-12)9-16/h2-9H,1H3. The van der Waals surface area contributed by atoms with Crippen molar-refractivity contribution in [2.24, 2.45) is 0 Å². The second kappa shape index (κ2) is 4.27. The normalized spacial score (nSPS) is 10.1. The van der Waals surface area contributed by atoms with Crippen LogP contribution < -0.4 is 0 Å². The van der Waals surface area contributed by atoms with Crippen LogP contribution in [0.3, 0.4) is 0 Å². The largest absolute Gasteiger partial charge is 0.298 e. The van der Waals surface area contributed by atoms with E-state index < -0.39 is 0 Å². The summed E-state index contributed by atoms with van der Waals surface area (Å²) in [6, 6.07) is 12.0. The summed E-state index contributed by atoms with van der Waals surface area (Å²) < 4.78 is 13.2. The fraction of sp³-hybridized carbons (Fsp3) is 0.0714. The molecule has 0 bridgehead atoms. The van der Waals surface area contributed by atoms with E-state index in [0.717, 1.165) is 23.0 Å². The first-order chi connectivity index (χ1) is 7.69. The average Bonchev–Trinajstić information content (AvgIpc) is 2.28. The molecule has 0 aliphatic carbocycles. The van der Waals surface area contributed by atoms with Crippen LogP contribution in [0.1, 0.15) is 15.9 Å². The Hall–Kier alpha value is -1.96. The highest BCUT2D eigenvalue weighted by molar-refractivity contribution is 5.78. The molecule has 0 aromatic heterocycles. The van der Waals surface area contributed by atoms with E-state index in [-0.39, 0.29) is 5.82 Å². The minimum Gasteiger partial charge on any atom is -0.298 e. The van der Waals surface area contributed by atoms with Gasteiger partial charge in [0.25, 0.3) is 0 Å². The first kappa shape index (κ1) is 10.6. The molecule has 0 radical (unpaired) electrons. The van der Waals surface area contributed by atoms with E-state index in [9.17, 15) is 9.18 Å². The Morgan fingerprint density at radius 1 is 1.06 bits per heavy atom. The highest BCUT2D eigenvalue weighted by Gasteiger charge is 2.02. The van der Waals surface area contributed by atoms with E-state index in [1.165, 1.54) is 12.1 Å². The maximum atomic E-state index is 13.2. The molecule has 16 heavy (non-hydrogen) atoms. The van der Waals surface area contributed by atoms with Gasteiger partial charge in [-0.3, -0.25) is 4.79 Å². The number of hydrogen-bond acceptors (Lipinski definition) is 1. The Kier molecular flexibility index (Phi) is 2.82. The number of aldehydes is 1. The third kappa shape index (κ3) is 2.16. The zero-order valence-corrected chi connectivity index (χ0v) is 8.91. The molecule has 0 atom stereocenters. The van der Waals surface area contributed by atoms with E-state index >= 15 is 0 Å². The van der Waals surface area contributed by atoms with E-state index in [4.69, 9.17) is 0 Å². The lowest BCUT2D eigenvalue weighted by Crippen LogP contribution is -1.85. The van der Waals surface area contributed by atoms with Gasteiger partial charge in [-0.15, -0.1) is 0 Å². The van der Waals surface area contributed by atoms with Crippen molar-refractivity contribution in [3.05, 3.63) is 59.4 Å². The minimum absolute atomic E-state index is 0.258. The fourth-order valence-electron chi connectivity index (χ4n) is 1.69. The number of carbonyl (C=O) groups is 1. The van der Waals surface area contributed by atoms with Crippen molar-refractivity contribution in [3.63, 3.8) is 0 Å². The Bertz CT molecular complexity index is 512. The Morgan fingerprint density at radius 2 is 1.88 bits per heavy atom. The Morgan fingerprint density at radius 3 is 2.56 bits per heavy atom. The summed E-state index contributed by atoms with van der Waals surface area (Å²) in [6.45, 7) is 1.84. The molecule has 2 aromatic rings. The van der Waals surface area contributed by atoms with Crippen LogP contribution >= 0.6 is 0 Å². The summed E-state index contributed by atoms with van der Waals surface area (Å²) in [5.41, 5.74) is 3.11. The van der Waals surface area contributed by atoms with Crippen LogP contribution in [0.2, 0.25) is 0 Å². The fourth-order valence-corrected chi connectivity index (χ4v) is 1.69. The Balaban J connectivity index is 2.53. The minimum atomic E-state index is -0.258. The lowest BCUT2D eigenvalue weighted by atomic mass is 10.0. The number of halogens is 1. The molecule has 0 unspecified atom stereocenters. The number of carbonyl (C=O) groups excluding carboxylic acids is 1. The van der Waals surface area contributed by atoms with Crippen molar-refractivity contribution in [2.75, 3.05) is 0 Å². The molecule has 0 aliphatic heterocycles. The molecular formula is C14H11FO. The van der Waals surface area contributed by atoms with Crippen LogP contribution in [-0.4, -0.2) is 6.29 Å². The maximum Gasteiger partial charge on any atom is 0.150 e. The van der Waals surface area contributed by atoms with Crippen molar-refractivity contribution < 1.29 is 9.18 Å². The molecule has 0 spiro atoms. The molecule has 0 fully saturated rings. The van der Waals surface area contributed by atoms with Gasteiger partial charge in [-0.2, -0.15) is 0 Å². The van der Waals surface area contributed by atoms with Gasteiger partial charge >= 0.3 is 0 Å². The molecule has 80 valence electrons. The van der Waals surface area contributed by atoms with E-state index in [2.05, 4.69) is 0 Å². The molecule has 2 aromatic carbocycles. The molecule has 1 nitrogen and oxygen atoms in total. The van der Waals surface area contributed by atoms with Gasteiger partial charge in [0.05, 0.1) is 0 Å². The zero-order chi connectivity index (χ0) is 11.5. The predicted molar refractivity (Wildman–Crippen MR) is 62.0 cm³/mol. The van der Waals surface area contributed by atoms with Crippen LogP contribution in [0.4, 0.5) is 4.39 Å². The van der Waals surface area contributed by atoms with E-state index in [1.54, 1.807) is 18.2 Å². The Labute approximate surface area is 93.5 Å². The second-order valence-corrected chi connectivity index (χ2v) is 3.76. The zero-order valence-electron chi connectivity index (χ0n) is 8.91. The van der Waals surface area contributed by atoms with Crippen molar-refractivity contribution in [2.45, 2.75) is 6.92 Å². The number of benzene rings is 2. The smallest absolute Gasteiger partial charge is 0.150 e. The van der Waals surface area contributed by atoms with Crippen LogP contribution in [0.5, 0.6) is 0 Å². The summed E-state index contributed by atoms with van der Waals surface area (Å²) >= 11 is 0. The summed E-state index contributed by atoms with van der Waals surface area (Å²) in [4.78, 5) is 10.6. The van der Waals surface area contributed by atoms with Gasteiger partial charge in [0.15, 0.2) is 0 Å². The maximum absolute atomic E-state index is 13.2. The van der Waals surface area contributed by atoms with Gasteiger partial charge in [-0.05, 0) is 41.8 Å². The van der Waals surface area contributed by atoms with Crippen molar-refractivity contribution in [3.8, 4) is 11.1 Å². The second-order valence-electron chi connectivity index (χ2n) is 3.76. The number of aryl methyl sites for hydroxylation is 1. The van der Waals surface area contributed by atoms with Crippen molar-refractivity contribution in [1.29, 1.82) is 0 Å². The van der Waals surface area contributed by atoms with Gasteiger partial charge < -0.3 is 0 Å². The highest BCUT2D eigenvalue weighted by Crippen LogP contribution is 2.22. The summed E-state index contributed by atoms with van der Waals surface area (Å²) in [5, 5.41) is 0. The molecule has 2 heteroatoms. The highest BCUT2D eigenvalue weighted by atomic mass is 19.1. The van der Waals surface area contributed by atoms with Crippen molar-refractivity contribution in [1.82, 2.24) is 0 Å². The van der Waals surface area contributed by atoms with Gasteiger partial charge in [-0.25, -0.2) is 4.39 Å². The third-order valence-corrected chi connectivity index (χ3v) is 2.40. The first-order valence-corrected chi connectivity index (χ1v) is 5.02. The number of rotatable bonds is 2. The summed E-state index contributed by atoms with van der Waals surface area (Å²) in [5.74, 6) is -0.258. The lowest BCUT2D eigenvalue weighted by molar-refractivity contribution is 0.112.